The normalized spacial score (nSPS) is 12.4. The molecule has 1 heterocycles. The molecular formula is C15H18BrNOS. The van der Waals surface area contributed by atoms with E-state index in [1.165, 1.54) is 10.4 Å². The van der Waals surface area contributed by atoms with Crippen molar-refractivity contribution in [3.8, 4) is 5.75 Å². The lowest BCUT2D eigenvalue weighted by atomic mass is 10.1. The van der Waals surface area contributed by atoms with Crippen LogP contribution in [0.2, 0.25) is 0 Å². The lowest BCUT2D eigenvalue weighted by molar-refractivity contribution is 0.332. The summed E-state index contributed by atoms with van der Waals surface area (Å²) in [6.45, 7) is 5.75. The summed E-state index contributed by atoms with van der Waals surface area (Å²) in [6.07, 6.45) is 0. The lowest BCUT2D eigenvalue weighted by Gasteiger charge is -2.17. The standard InChI is InChI=1S/C15H18BrNOS/c1-3-18-15-7-5-4-6-14(15)11(2)17-9-13-8-12(16)10-19-13/h4-8,10-11,17H,3,9H2,1-2H3. The maximum absolute atomic E-state index is 5.67. The Kier molecular flexibility index (Phi) is 5.43. The van der Waals surface area contributed by atoms with Gasteiger partial charge in [0.1, 0.15) is 5.75 Å². The quantitative estimate of drug-likeness (QED) is 0.819. The van der Waals surface area contributed by atoms with E-state index in [0.717, 1.165) is 16.8 Å². The van der Waals surface area contributed by atoms with Gasteiger partial charge in [0.05, 0.1) is 6.61 Å². The van der Waals surface area contributed by atoms with Gasteiger partial charge in [-0.25, -0.2) is 0 Å². The van der Waals surface area contributed by atoms with Crippen LogP contribution in [0.4, 0.5) is 0 Å². The largest absolute Gasteiger partial charge is 0.494 e. The van der Waals surface area contributed by atoms with E-state index in [0.29, 0.717) is 6.61 Å². The van der Waals surface area contributed by atoms with Crippen molar-refractivity contribution in [1.82, 2.24) is 5.32 Å². The van der Waals surface area contributed by atoms with Crippen molar-refractivity contribution in [2.45, 2.75) is 26.4 Å². The molecule has 1 aromatic carbocycles. The smallest absolute Gasteiger partial charge is 0.124 e. The molecule has 0 spiro atoms. The van der Waals surface area contributed by atoms with E-state index < -0.39 is 0 Å². The molecule has 2 aromatic rings. The molecule has 2 nitrogen and oxygen atoms in total. The van der Waals surface area contributed by atoms with Gasteiger partial charge in [0.25, 0.3) is 0 Å². The van der Waals surface area contributed by atoms with Gasteiger partial charge in [0.15, 0.2) is 0 Å². The number of hydrogen-bond donors (Lipinski definition) is 1. The Balaban J connectivity index is 2.01. The number of benzene rings is 1. The molecule has 0 fully saturated rings. The third kappa shape index (κ3) is 4.06. The van der Waals surface area contributed by atoms with Crippen LogP contribution in [0.3, 0.4) is 0 Å². The summed E-state index contributed by atoms with van der Waals surface area (Å²) >= 11 is 5.24. The zero-order chi connectivity index (χ0) is 13.7. The summed E-state index contributed by atoms with van der Waals surface area (Å²) in [5.74, 6) is 0.970. The molecule has 0 amide bonds. The van der Waals surface area contributed by atoms with Crippen molar-refractivity contribution in [2.75, 3.05) is 6.61 Å². The van der Waals surface area contributed by atoms with Gasteiger partial charge < -0.3 is 10.1 Å². The molecule has 0 saturated carbocycles. The average Bonchev–Trinajstić information content (AvgIpc) is 2.83. The molecule has 1 aromatic heterocycles. The van der Waals surface area contributed by atoms with Crippen molar-refractivity contribution in [3.05, 3.63) is 50.6 Å². The fourth-order valence-corrected chi connectivity index (χ4v) is 3.34. The Bertz CT molecular complexity index is 526. The first-order chi connectivity index (χ1) is 9.20. The van der Waals surface area contributed by atoms with E-state index in [9.17, 15) is 0 Å². The number of thiophene rings is 1. The van der Waals surface area contributed by atoms with Crippen LogP contribution in [0, 0.1) is 0 Å². The lowest BCUT2D eigenvalue weighted by Crippen LogP contribution is -2.18. The number of halogens is 1. The Morgan fingerprint density at radius 3 is 2.84 bits per heavy atom. The second-order valence-electron chi connectivity index (χ2n) is 4.30. The first-order valence-electron chi connectivity index (χ1n) is 6.38. The number of ether oxygens (including phenoxy) is 1. The fourth-order valence-electron chi connectivity index (χ4n) is 1.94. The van der Waals surface area contributed by atoms with E-state index in [2.05, 4.69) is 51.7 Å². The molecule has 0 aliphatic heterocycles. The zero-order valence-corrected chi connectivity index (χ0v) is 13.6. The van der Waals surface area contributed by atoms with Crippen LogP contribution in [0.1, 0.15) is 30.3 Å². The number of hydrogen-bond acceptors (Lipinski definition) is 3. The predicted octanol–water partition coefficient (Wildman–Crippen LogP) is 4.76. The molecular weight excluding hydrogens is 322 g/mol. The Morgan fingerprint density at radius 2 is 2.16 bits per heavy atom. The van der Waals surface area contributed by atoms with Crippen LogP contribution in [0.5, 0.6) is 5.75 Å². The monoisotopic (exact) mass is 339 g/mol. The van der Waals surface area contributed by atoms with Gasteiger partial charge in [-0.3, -0.25) is 0 Å². The maximum Gasteiger partial charge on any atom is 0.124 e. The van der Waals surface area contributed by atoms with Gasteiger partial charge in [-0.15, -0.1) is 11.3 Å². The maximum atomic E-state index is 5.67. The van der Waals surface area contributed by atoms with Crippen LogP contribution in [-0.4, -0.2) is 6.61 Å². The fraction of sp³-hybridized carbons (Fsp3) is 0.333. The van der Waals surface area contributed by atoms with Gasteiger partial charge in [-0.1, -0.05) is 18.2 Å². The molecule has 0 saturated heterocycles. The first-order valence-corrected chi connectivity index (χ1v) is 8.06. The third-order valence-electron chi connectivity index (χ3n) is 2.89. The molecule has 2 rings (SSSR count). The number of rotatable bonds is 6. The van der Waals surface area contributed by atoms with Crippen LogP contribution >= 0.6 is 27.3 Å². The highest BCUT2D eigenvalue weighted by atomic mass is 79.9. The molecule has 1 unspecified atom stereocenters. The molecule has 19 heavy (non-hydrogen) atoms. The Labute approximate surface area is 126 Å². The highest BCUT2D eigenvalue weighted by molar-refractivity contribution is 9.10. The van der Waals surface area contributed by atoms with Gasteiger partial charge >= 0.3 is 0 Å². The van der Waals surface area contributed by atoms with E-state index in [4.69, 9.17) is 4.74 Å². The van der Waals surface area contributed by atoms with Gasteiger partial charge in [0.2, 0.25) is 0 Å². The molecule has 0 radical (unpaired) electrons. The van der Waals surface area contributed by atoms with Crippen molar-refractivity contribution in [1.29, 1.82) is 0 Å². The van der Waals surface area contributed by atoms with Crippen molar-refractivity contribution in [2.24, 2.45) is 0 Å². The SMILES string of the molecule is CCOc1ccccc1C(C)NCc1cc(Br)cs1. The zero-order valence-electron chi connectivity index (χ0n) is 11.2. The highest BCUT2D eigenvalue weighted by Crippen LogP contribution is 2.26. The van der Waals surface area contributed by atoms with Crippen molar-refractivity contribution < 1.29 is 4.74 Å². The second kappa shape index (κ2) is 7.08. The van der Waals surface area contributed by atoms with E-state index in [-0.39, 0.29) is 6.04 Å². The predicted molar refractivity (Wildman–Crippen MR) is 84.9 cm³/mol. The molecule has 0 aliphatic carbocycles. The number of para-hydroxylation sites is 1. The van der Waals surface area contributed by atoms with Gasteiger partial charge in [0, 0.05) is 32.9 Å². The summed E-state index contributed by atoms with van der Waals surface area (Å²) in [7, 11) is 0. The van der Waals surface area contributed by atoms with Crippen LogP contribution in [-0.2, 0) is 6.54 Å². The van der Waals surface area contributed by atoms with Crippen LogP contribution in [0.15, 0.2) is 40.2 Å². The number of nitrogens with one attached hydrogen (secondary N) is 1. The summed E-state index contributed by atoms with van der Waals surface area (Å²) in [6, 6.07) is 10.6. The Morgan fingerprint density at radius 1 is 1.37 bits per heavy atom. The molecule has 1 atom stereocenters. The molecule has 102 valence electrons. The van der Waals surface area contributed by atoms with E-state index in [1.807, 2.05) is 19.1 Å². The van der Waals surface area contributed by atoms with Crippen LogP contribution < -0.4 is 10.1 Å². The van der Waals surface area contributed by atoms with Gasteiger partial charge in [-0.05, 0) is 41.9 Å². The topological polar surface area (TPSA) is 21.3 Å². The molecule has 0 aliphatic rings. The summed E-state index contributed by atoms with van der Waals surface area (Å²) < 4.78 is 6.82. The highest BCUT2D eigenvalue weighted by Gasteiger charge is 2.10. The molecule has 1 N–H and O–H groups in total. The minimum atomic E-state index is 0.267. The molecule has 0 bridgehead atoms. The van der Waals surface area contributed by atoms with Crippen molar-refractivity contribution >= 4 is 27.3 Å². The molecule has 4 heteroatoms. The van der Waals surface area contributed by atoms with Crippen LogP contribution in [0.25, 0.3) is 0 Å². The second-order valence-corrected chi connectivity index (χ2v) is 6.22. The third-order valence-corrected chi connectivity index (χ3v) is 4.59. The summed E-state index contributed by atoms with van der Waals surface area (Å²) in [5, 5.41) is 5.64. The van der Waals surface area contributed by atoms with Crippen molar-refractivity contribution in [3.63, 3.8) is 0 Å². The summed E-state index contributed by atoms with van der Waals surface area (Å²) in [5.41, 5.74) is 1.21. The summed E-state index contributed by atoms with van der Waals surface area (Å²) in [4.78, 5) is 1.33. The van der Waals surface area contributed by atoms with E-state index >= 15 is 0 Å². The van der Waals surface area contributed by atoms with E-state index in [1.54, 1.807) is 11.3 Å². The Hall–Kier alpha value is -0.840. The van der Waals surface area contributed by atoms with Gasteiger partial charge in [-0.2, -0.15) is 0 Å². The minimum Gasteiger partial charge on any atom is -0.494 e. The minimum absolute atomic E-state index is 0.267. The average molecular weight is 340 g/mol. The first kappa shape index (κ1) is 14.6.